The molecular weight excluding hydrogens is 219 g/mol. The molecule has 0 bridgehead atoms. The molecule has 4 heteroatoms. The van der Waals surface area contributed by atoms with Crippen LogP contribution in [0.4, 0.5) is 5.82 Å². The Hall–Kier alpha value is -0.730. The molecule has 1 aromatic heterocycles. The number of rotatable bonds is 3. The van der Waals surface area contributed by atoms with Gasteiger partial charge in [-0.15, -0.1) is 0 Å². The molecule has 14 heavy (non-hydrogen) atoms. The van der Waals surface area contributed by atoms with Gasteiger partial charge in [-0.3, -0.25) is 0 Å². The number of hydrogen-bond donors (Lipinski definition) is 1. The zero-order chi connectivity index (χ0) is 10.6. The fraction of sp³-hybridized carbons (Fsp3) is 0.300. The molecule has 1 rings (SSSR count). The highest BCUT2D eigenvalue weighted by Crippen LogP contribution is 2.22. The first-order valence-electron chi connectivity index (χ1n) is 4.28. The molecular formula is C10H12Cl2N2. The summed E-state index contributed by atoms with van der Waals surface area (Å²) in [6.07, 6.45) is 3.63. The molecule has 0 saturated heterocycles. The normalized spacial score (nSPS) is 9.71. The monoisotopic (exact) mass is 230 g/mol. The Kier molecular flexibility index (Phi) is 4.23. The Morgan fingerprint density at radius 1 is 1.50 bits per heavy atom. The second-order valence-corrected chi connectivity index (χ2v) is 3.99. The van der Waals surface area contributed by atoms with Crippen LogP contribution >= 0.6 is 23.2 Å². The Morgan fingerprint density at radius 3 is 2.79 bits per heavy atom. The molecule has 76 valence electrons. The third-order valence-electron chi connectivity index (χ3n) is 1.59. The summed E-state index contributed by atoms with van der Waals surface area (Å²) in [5.41, 5.74) is 1.25. The van der Waals surface area contributed by atoms with E-state index in [-0.39, 0.29) is 0 Å². The largest absolute Gasteiger partial charge is 0.365 e. The fourth-order valence-electron chi connectivity index (χ4n) is 0.896. The van der Waals surface area contributed by atoms with Gasteiger partial charge >= 0.3 is 0 Å². The summed E-state index contributed by atoms with van der Waals surface area (Å²) in [7, 11) is 0. The van der Waals surface area contributed by atoms with Crippen molar-refractivity contribution in [2.24, 2.45) is 0 Å². The second kappa shape index (κ2) is 5.23. The highest BCUT2D eigenvalue weighted by atomic mass is 35.5. The van der Waals surface area contributed by atoms with Crippen LogP contribution in [-0.2, 0) is 0 Å². The zero-order valence-electron chi connectivity index (χ0n) is 8.14. The highest BCUT2D eigenvalue weighted by Gasteiger charge is 2.00. The van der Waals surface area contributed by atoms with Crippen molar-refractivity contribution in [1.82, 2.24) is 4.98 Å². The van der Waals surface area contributed by atoms with Crippen LogP contribution in [0.15, 0.2) is 23.9 Å². The van der Waals surface area contributed by atoms with E-state index in [9.17, 15) is 0 Å². The zero-order valence-corrected chi connectivity index (χ0v) is 9.65. The topological polar surface area (TPSA) is 24.9 Å². The third kappa shape index (κ3) is 3.56. The Balaban J connectivity index is 2.64. The highest BCUT2D eigenvalue weighted by molar-refractivity contribution is 6.35. The number of halogens is 2. The smallest absolute Gasteiger partial charge is 0.145 e. The summed E-state index contributed by atoms with van der Waals surface area (Å²) in [5.74, 6) is 0.661. The number of aromatic nitrogens is 1. The van der Waals surface area contributed by atoms with Crippen LogP contribution in [0.2, 0.25) is 10.0 Å². The maximum atomic E-state index is 5.91. The van der Waals surface area contributed by atoms with E-state index in [2.05, 4.69) is 16.4 Å². The standard InChI is InChI=1S/C10H12Cl2N2/c1-7(2)3-4-13-10-9(12)5-8(11)6-14-10/h3,5-6H,4H2,1-2H3,(H,13,14). The van der Waals surface area contributed by atoms with Gasteiger partial charge in [0.2, 0.25) is 0 Å². The van der Waals surface area contributed by atoms with Crippen LogP contribution in [-0.4, -0.2) is 11.5 Å². The molecule has 0 atom stereocenters. The van der Waals surface area contributed by atoms with Crippen molar-refractivity contribution in [3.63, 3.8) is 0 Å². The van der Waals surface area contributed by atoms with Crippen molar-refractivity contribution in [2.45, 2.75) is 13.8 Å². The fourth-order valence-corrected chi connectivity index (χ4v) is 1.34. The molecule has 0 aliphatic carbocycles. The first-order chi connectivity index (χ1) is 6.59. The minimum atomic E-state index is 0.541. The summed E-state index contributed by atoms with van der Waals surface area (Å²) in [5, 5.41) is 4.18. The Bertz CT molecular complexity index is 344. The number of anilines is 1. The molecule has 0 spiro atoms. The SMILES string of the molecule is CC(C)=CCNc1ncc(Cl)cc1Cl. The lowest BCUT2D eigenvalue weighted by Gasteiger charge is -2.04. The van der Waals surface area contributed by atoms with Gasteiger partial charge in [0.1, 0.15) is 5.82 Å². The minimum Gasteiger partial charge on any atom is -0.365 e. The summed E-state index contributed by atoms with van der Waals surface area (Å²) in [6, 6.07) is 1.67. The van der Waals surface area contributed by atoms with Gasteiger partial charge < -0.3 is 5.32 Å². The van der Waals surface area contributed by atoms with Crippen molar-refractivity contribution in [3.05, 3.63) is 34.0 Å². The van der Waals surface area contributed by atoms with Gasteiger partial charge in [-0.1, -0.05) is 34.9 Å². The maximum absolute atomic E-state index is 5.91. The Labute approximate surface area is 93.9 Å². The number of nitrogens with one attached hydrogen (secondary N) is 1. The van der Waals surface area contributed by atoms with E-state index < -0.39 is 0 Å². The minimum absolute atomic E-state index is 0.541. The molecule has 1 heterocycles. The average molecular weight is 231 g/mol. The van der Waals surface area contributed by atoms with E-state index in [1.807, 2.05) is 13.8 Å². The van der Waals surface area contributed by atoms with Crippen molar-refractivity contribution >= 4 is 29.0 Å². The molecule has 2 nitrogen and oxygen atoms in total. The van der Waals surface area contributed by atoms with E-state index in [0.29, 0.717) is 15.9 Å². The predicted molar refractivity (Wildman–Crippen MR) is 62.2 cm³/mol. The van der Waals surface area contributed by atoms with Crippen LogP contribution in [0.5, 0.6) is 0 Å². The molecule has 1 N–H and O–H groups in total. The lowest BCUT2D eigenvalue weighted by Crippen LogP contribution is -2.01. The van der Waals surface area contributed by atoms with Gasteiger partial charge in [-0.2, -0.15) is 0 Å². The van der Waals surface area contributed by atoms with Gasteiger partial charge in [-0.25, -0.2) is 4.98 Å². The van der Waals surface area contributed by atoms with Crippen LogP contribution in [0, 0.1) is 0 Å². The second-order valence-electron chi connectivity index (χ2n) is 3.15. The molecule has 0 aromatic carbocycles. The van der Waals surface area contributed by atoms with E-state index in [1.54, 1.807) is 12.3 Å². The van der Waals surface area contributed by atoms with E-state index >= 15 is 0 Å². The van der Waals surface area contributed by atoms with Gasteiger partial charge in [0.25, 0.3) is 0 Å². The lowest BCUT2D eigenvalue weighted by molar-refractivity contribution is 1.20. The summed E-state index contributed by atoms with van der Waals surface area (Å²) in [6.45, 7) is 4.80. The van der Waals surface area contributed by atoms with Crippen molar-refractivity contribution < 1.29 is 0 Å². The average Bonchev–Trinajstić information content (AvgIpc) is 2.08. The van der Waals surface area contributed by atoms with Gasteiger partial charge in [-0.05, 0) is 19.9 Å². The molecule has 0 aliphatic rings. The Morgan fingerprint density at radius 2 is 2.21 bits per heavy atom. The third-order valence-corrected chi connectivity index (χ3v) is 2.08. The molecule has 0 aliphatic heterocycles. The first-order valence-corrected chi connectivity index (χ1v) is 5.03. The number of hydrogen-bond acceptors (Lipinski definition) is 2. The predicted octanol–water partition coefficient (Wildman–Crippen LogP) is 3.77. The van der Waals surface area contributed by atoms with Crippen molar-refractivity contribution in [2.75, 3.05) is 11.9 Å². The summed E-state index contributed by atoms with van der Waals surface area (Å²) >= 11 is 11.6. The van der Waals surface area contributed by atoms with Crippen LogP contribution in [0.25, 0.3) is 0 Å². The van der Waals surface area contributed by atoms with Crippen LogP contribution in [0.3, 0.4) is 0 Å². The lowest BCUT2D eigenvalue weighted by atomic mass is 10.3. The molecule has 0 amide bonds. The number of allylic oxidation sites excluding steroid dienone is 1. The van der Waals surface area contributed by atoms with Gasteiger partial charge in [0, 0.05) is 12.7 Å². The van der Waals surface area contributed by atoms with E-state index in [1.165, 1.54) is 5.57 Å². The van der Waals surface area contributed by atoms with Crippen molar-refractivity contribution in [1.29, 1.82) is 0 Å². The summed E-state index contributed by atoms with van der Waals surface area (Å²) in [4.78, 5) is 4.07. The van der Waals surface area contributed by atoms with Gasteiger partial charge in [0.15, 0.2) is 0 Å². The van der Waals surface area contributed by atoms with Crippen molar-refractivity contribution in [3.8, 4) is 0 Å². The van der Waals surface area contributed by atoms with Gasteiger partial charge in [0.05, 0.1) is 10.0 Å². The summed E-state index contributed by atoms with van der Waals surface area (Å²) < 4.78 is 0. The van der Waals surface area contributed by atoms with Crippen LogP contribution in [0.1, 0.15) is 13.8 Å². The molecule has 0 fully saturated rings. The van der Waals surface area contributed by atoms with Crippen LogP contribution < -0.4 is 5.32 Å². The number of nitrogens with zero attached hydrogens (tertiary/aromatic N) is 1. The molecule has 0 unspecified atom stereocenters. The quantitative estimate of drug-likeness (QED) is 0.801. The number of pyridine rings is 1. The van der Waals surface area contributed by atoms with E-state index in [4.69, 9.17) is 23.2 Å². The molecule has 0 radical (unpaired) electrons. The molecule has 1 aromatic rings. The first kappa shape index (κ1) is 11.3. The maximum Gasteiger partial charge on any atom is 0.145 e. The van der Waals surface area contributed by atoms with E-state index in [0.717, 1.165) is 6.54 Å². The molecule has 0 saturated carbocycles.